The number of piperidine rings is 1. The zero-order valence-corrected chi connectivity index (χ0v) is 13.4. The molecule has 1 aliphatic carbocycles. The number of likely N-dealkylation sites (tertiary alicyclic amines) is 1. The Morgan fingerprint density at radius 2 is 2.19 bits per heavy atom. The molecule has 2 aliphatic rings. The average Bonchev–Trinajstić information content (AvgIpc) is 2.86. The van der Waals surface area contributed by atoms with Crippen LogP contribution in [0.4, 0.5) is 0 Å². The van der Waals surface area contributed by atoms with E-state index < -0.39 is 0 Å². The molecule has 3 nitrogen and oxygen atoms in total. The second kappa shape index (κ2) is 6.15. The molecule has 116 valence electrons. The predicted octanol–water partition coefficient (Wildman–Crippen LogP) is 3.83. The smallest absolute Gasteiger partial charge is 0.134 e. The van der Waals surface area contributed by atoms with E-state index in [-0.39, 0.29) is 5.75 Å². The van der Waals surface area contributed by atoms with Crippen LogP contribution < -0.4 is 0 Å². The van der Waals surface area contributed by atoms with Gasteiger partial charge in [-0.15, -0.1) is 0 Å². The van der Waals surface area contributed by atoms with Crippen molar-refractivity contribution >= 4 is 11.6 Å². The Morgan fingerprint density at radius 3 is 3.00 bits per heavy atom. The fraction of sp³-hybridized carbons (Fsp3) is 0.647. The Hall–Kier alpha value is -0.770. The van der Waals surface area contributed by atoms with Crippen LogP contribution in [0.25, 0.3) is 0 Å². The van der Waals surface area contributed by atoms with E-state index >= 15 is 0 Å². The molecule has 1 aliphatic heterocycles. The minimum absolute atomic E-state index is 0.177. The minimum atomic E-state index is 0.177. The summed E-state index contributed by atoms with van der Waals surface area (Å²) in [5.74, 6) is 0.177. The van der Waals surface area contributed by atoms with Gasteiger partial charge in [0.2, 0.25) is 0 Å². The number of aromatic hydroxyl groups is 1. The fourth-order valence-electron chi connectivity index (χ4n) is 4.26. The molecular formula is C17H24ClNO2. The second-order valence-electron chi connectivity index (χ2n) is 6.54. The first-order chi connectivity index (χ1) is 10.1. The molecule has 0 bridgehead atoms. The van der Waals surface area contributed by atoms with E-state index in [0.717, 1.165) is 25.2 Å². The summed E-state index contributed by atoms with van der Waals surface area (Å²) in [7, 11) is 1.85. The van der Waals surface area contributed by atoms with Crippen LogP contribution >= 0.6 is 11.6 Å². The number of nitrogens with zero attached hydrogens (tertiary/aromatic N) is 1. The number of benzene rings is 1. The molecule has 1 saturated carbocycles. The summed E-state index contributed by atoms with van der Waals surface area (Å²) in [5.41, 5.74) is 1.34. The molecule has 0 unspecified atom stereocenters. The summed E-state index contributed by atoms with van der Waals surface area (Å²) >= 11 is 6.22. The summed E-state index contributed by atoms with van der Waals surface area (Å²) in [5, 5.41) is 10.2. The summed E-state index contributed by atoms with van der Waals surface area (Å²) in [6, 6.07) is 5.51. The molecule has 1 saturated heterocycles. The molecule has 0 radical (unpaired) electrons. The molecule has 1 heterocycles. The lowest BCUT2D eigenvalue weighted by Gasteiger charge is -2.43. The van der Waals surface area contributed by atoms with Crippen molar-refractivity contribution in [2.24, 2.45) is 5.41 Å². The molecule has 3 rings (SSSR count). The SMILES string of the molecule is CO[C@@H]1CCC[C@@]12CCCN(Cc1cccc(O)c1Cl)C2. The van der Waals surface area contributed by atoms with E-state index in [9.17, 15) is 5.11 Å². The lowest BCUT2D eigenvalue weighted by Crippen LogP contribution is -2.47. The van der Waals surface area contributed by atoms with Crippen molar-refractivity contribution in [3.63, 3.8) is 0 Å². The molecule has 1 spiro atoms. The highest BCUT2D eigenvalue weighted by molar-refractivity contribution is 6.32. The van der Waals surface area contributed by atoms with E-state index in [1.54, 1.807) is 6.07 Å². The van der Waals surface area contributed by atoms with Gasteiger partial charge in [-0.1, -0.05) is 30.2 Å². The van der Waals surface area contributed by atoms with Crippen molar-refractivity contribution in [3.8, 4) is 5.75 Å². The van der Waals surface area contributed by atoms with Gasteiger partial charge in [-0.3, -0.25) is 4.90 Å². The van der Waals surface area contributed by atoms with Crippen molar-refractivity contribution in [1.29, 1.82) is 0 Å². The van der Waals surface area contributed by atoms with Crippen molar-refractivity contribution in [2.75, 3.05) is 20.2 Å². The number of hydrogen-bond donors (Lipinski definition) is 1. The van der Waals surface area contributed by atoms with Gasteiger partial charge in [0, 0.05) is 25.6 Å². The van der Waals surface area contributed by atoms with E-state index in [1.165, 1.54) is 32.1 Å². The Balaban J connectivity index is 1.73. The highest BCUT2D eigenvalue weighted by Crippen LogP contribution is 2.46. The number of halogens is 1. The van der Waals surface area contributed by atoms with Crippen LogP contribution in [0.1, 0.15) is 37.7 Å². The van der Waals surface area contributed by atoms with E-state index in [4.69, 9.17) is 16.3 Å². The van der Waals surface area contributed by atoms with Crippen LogP contribution in [-0.4, -0.2) is 36.3 Å². The topological polar surface area (TPSA) is 32.7 Å². The van der Waals surface area contributed by atoms with Crippen LogP contribution in [0.5, 0.6) is 5.75 Å². The second-order valence-corrected chi connectivity index (χ2v) is 6.92. The van der Waals surface area contributed by atoms with E-state index in [2.05, 4.69) is 4.90 Å². The van der Waals surface area contributed by atoms with E-state index in [1.807, 2.05) is 19.2 Å². The Labute approximate surface area is 131 Å². The average molecular weight is 310 g/mol. The van der Waals surface area contributed by atoms with Gasteiger partial charge >= 0.3 is 0 Å². The number of rotatable bonds is 3. The molecule has 2 atom stereocenters. The zero-order valence-electron chi connectivity index (χ0n) is 12.6. The van der Waals surface area contributed by atoms with Crippen LogP contribution in [0.2, 0.25) is 5.02 Å². The van der Waals surface area contributed by atoms with Crippen molar-refractivity contribution in [3.05, 3.63) is 28.8 Å². The molecular weight excluding hydrogens is 286 g/mol. The molecule has 4 heteroatoms. The highest BCUT2D eigenvalue weighted by atomic mass is 35.5. The van der Waals surface area contributed by atoms with Gasteiger partial charge in [0.1, 0.15) is 5.75 Å². The lowest BCUT2D eigenvalue weighted by molar-refractivity contribution is -0.0366. The third-order valence-corrected chi connectivity index (χ3v) is 5.68. The number of methoxy groups -OCH3 is 1. The van der Waals surface area contributed by atoms with Gasteiger partial charge in [-0.05, 0) is 43.9 Å². The van der Waals surface area contributed by atoms with Crippen molar-refractivity contribution in [1.82, 2.24) is 4.90 Å². The molecule has 1 aromatic rings. The van der Waals surface area contributed by atoms with Crippen LogP contribution in [-0.2, 0) is 11.3 Å². The molecule has 0 aromatic heterocycles. The number of phenolic OH excluding ortho intramolecular Hbond substituents is 1. The Kier molecular flexibility index (Phi) is 4.43. The fourth-order valence-corrected chi connectivity index (χ4v) is 4.45. The summed E-state index contributed by atoms with van der Waals surface area (Å²) in [4.78, 5) is 2.47. The largest absolute Gasteiger partial charge is 0.506 e. The van der Waals surface area contributed by atoms with E-state index in [0.29, 0.717) is 16.5 Å². The van der Waals surface area contributed by atoms with Gasteiger partial charge in [0.25, 0.3) is 0 Å². The van der Waals surface area contributed by atoms with Gasteiger partial charge in [0.05, 0.1) is 11.1 Å². The number of phenols is 1. The molecule has 1 aromatic carbocycles. The third kappa shape index (κ3) is 2.92. The van der Waals surface area contributed by atoms with Gasteiger partial charge < -0.3 is 9.84 Å². The quantitative estimate of drug-likeness (QED) is 0.921. The molecule has 21 heavy (non-hydrogen) atoms. The number of hydrogen-bond acceptors (Lipinski definition) is 3. The maximum atomic E-state index is 9.74. The predicted molar refractivity (Wildman–Crippen MR) is 84.7 cm³/mol. The van der Waals surface area contributed by atoms with Gasteiger partial charge in [-0.25, -0.2) is 0 Å². The van der Waals surface area contributed by atoms with Gasteiger partial charge in [0.15, 0.2) is 0 Å². The summed E-state index contributed by atoms with van der Waals surface area (Å²) in [6.45, 7) is 2.99. The first kappa shape index (κ1) is 15.1. The minimum Gasteiger partial charge on any atom is -0.506 e. The van der Waals surface area contributed by atoms with Gasteiger partial charge in [-0.2, -0.15) is 0 Å². The number of ether oxygens (including phenoxy) is 1. The Bertz CT molecular complexity index is 508. The third-order valence-electron chi connectivity index (χ3n) is 5.25. The first-order valence-corrected chi connectivity index (χ1v) is 8.24. The molecule has 0 amide bonds. The summed E-state index contributed by atoms with van der Waals surface area (Å²) < 4.78 is 5.75. The van der Waals surface area contributed by atoms with Crippen molar-refractivity contribution in [2.45, 2.75) is 44.8 Å². The van der Waals surface area contributed by atoms with Crippen LogP contribution in [0.3, 0.4) is 0 Å². The van der Waals surface area contributed by atoms with Crippen LogP contribution in [0.15, 0.2) is 18.2 Å². The molecule has 1 N–H and O–H groups in total. The highest BCUT2D eigenvalue weighted by Gasteiger charge is 2.45. The first-order valence-electron chi connectivity index (χ1n) is 7.86. The summed E-state index contributed by atoms with van der Waals surface area (Å²) in [6.07, 6.45) is 6.64. The Morgan fingerprint density at radius 1 is 1.38 bits per heavy atom. The van der Waals surface area contributed by atoms with Crippen LogP contribution in [0, 0.1) is 5.41 Å². The standard InChI is InChI=1S/C17H24ClNO2/c1-21-15-7-3-8-17(15)9-4-10-19(12-17)11-13-5-2-6-14(20)16(13)18/h2,5-6,15,20H,3-4,7-12H2,1H3/t15-,17+/m1/s1. The lowest BCUT2D eigenvalue weighted by atomic mass is 9.76. The molecule has 2 fully saturated rings. The monoisotopic (exact) mass is 309 g/mol. The maximum absolute atomic E-state index is 9.74. The normalized spacial score (nSPS) is 30.1. The van der Waals surface area contributed by atoms with Crippen molar-refractivity contribution < 1.29 is 9.84 Å². The maximum Gasteiger partial charge on any atom is 0.134 e. The zero-order chi connectivity index (χ0) is 14.9.